The molecule has 8 nitrogen and oxygen atoms in total. The Morgan fingerprint density at radius 1 is 1.40 bits per heavy atom. The molecule has 0 spiro atoms. The van der Waals surface area contributed by atoms with Crippen molar-refractivity contribution < 1.29 is 23.4 Å². The lowest BCUT2D eigenvalue weighted by Crippen LogP contribution is -2.13. The van der Waals surface area contributed by atoms with E-state index in [2.05, 4.69) is 9.82 Å². The summed E-state index contributed by atoms with van der Waals surface area (Å²) in [5, 5.41) is 22.2. The molecule has 0 aliphatic heterocycles. The van der Waals surface area contributed by atoms with Crippen LogP contribution in [0.25, 0.3) is 0 Å². The van der Waals surface area contributed by atoms with Gasteiger partial charge in [-0.05, 0) is 18.2 Å². The van der Waals surface area contributed by atoms with Crippen LogP contribution >= 0.6 is 0 Å². The summed E-state index contributed by atoms with van der Waals surface area (Å²) in [5.41, 5.74) is -0.361. The number of nitrogens with one attached hydrogen (secondary N) is 1. The molecule has 3 N–H and O–H groups in total. The van der Waals surface area contributed by atoms with Gasteiger partial charge >= 0.3 is 5.97 Å². The van der Waals surface area contributed by atoms with Crippen LogP contribution in [0.4, 0.5) is 5.69 Å². The first-order valence-electron chi connectivity index (χ1n) is 5.37. The van der Waals surface area contributed by atoms with Crippen molar-refractivity contribution in [3.63, 3.8) is 0 Å². The Kier molecular flexibility index (Phi) is 3.36. The SMILES string of the molecule is Cn1cc(S(=O)(=O)Nc2cc(C(=O)O)ccc2O)cn1. The van der Waals surface area contributed by atoms with Crippen LogP contribution in [0, 0.1) is 0 Å². The third-order valence-corrected chi connectivity index (χ3v) is 3.80. The van der Waals surface area contributed by atoms with Crippen LogP contribution in [0.3, 0.4) is 0 Å². The van der Waals surface area contributed by atoms with E-state index in [1.54, 1.807) is 7.05 Å². The van der Waals surface area contributed by atoms with Gasteiger partial charge in [-0.1, -0.05) is 0 Å². The maximum atomic E-state index is 12.0. The minimum Gasteiger partial charge on any atom is -0.506 e. The van der Waals surface area contributed by atoms with Crippen LogP contribution in [-0.2, 0) is 17.1 Å². The summed E-state index contributed by atoms with van der Waals surface area (Å²) in [4.78, 5) is 10.7. The summed E-state index contributed by atoms with van der Waals surface area (Å²) in [5.74, 6) is -1.60. The molecule has 1 heterocycles. The van der Waals surface area contributed by atoms with Gasteiger partial charge in [0.15, 0.2) is 0 Å². The first kappa shape index (κ1) is 13.9. The summed E-state index contributed by atoms with van der Waals surface area (Å²) in [6, 6.07) is 3.30. The number of aromatic nitrogens is 2. The molecule has 0 saturated heterocycles. The number of phenolic OH excluding ortho intramolecular Hbond substituents is 1. The van der Waals surface area contributed by atoms with E-state index < -0.39 is 16.0 Å². The third kappa shape index (κ3) is 2.72. The van der Waals surface area contributed by atoms with Crippen molar-refractivity contribution in [2.24, 2.45) is 7.05 Å². The van der Waals surface area contributed by atoms with Gasteiger partial charge in [0.05, 0.1) is 17.4 Å². The molecule has 1 aromatic carbocycles. The van der Waals surface area contributed by atoms with Gasteiger partial charge < -0.3 is 10.2 Å². The number of carboxylic acid groups (broad SMARTS) is 1. The zero-order chi connectivity index (χ0) is 14.9. The Balaban J connectivity index is 2.39. The van der Waals surface area contributed by atoms with E-state index in [0.717, 1.165) is 18.3 Å². The number of aromatic hydroxyl groups is 1. The van der Waals surface area contributed by atoms with Gasteiger partial charge in [0.2, 0.25) is 0 Å². The second-order valence-electron chi connectivity index (χ2n) is 3.99. The smallest absolute Gasteiger partial charge is 0.335 e. The average molecular weight is 297 g/mol. The van der Waals surface area contributed by atoms with Crippen LogP contribution in [0.15, 0.2) is 35.5 Å². The fourth-order valence-corrected chi connectivity index (χ4v) is 2.54. The Bertz CT molecular complexity index is 766. The number of phenols is 1. The molecule has 1 aromatic heterocycles. The minimum absolute atomic E-state index is 0.0971. The predicted octanol–water partition coefficient (Wildman–Crippen LogP) is 0.625. The summed E-state index contributed by atoms with van der Waals surface area (Å²) in [6.07, 6.45) is 2.42. The Morgan fingerprint density at radius 3 is 2.65 bits per heavy atom. The Hall–Kier alpha value is -2.55. The highest BCUT2D eigenvalue weighted by Crippen LogP contribution is 2.26. The van der Waals surface area contributed by atoms with Crippen molar-refractivity contribution in [2.45, 2.75) is 4.90 Å². The van der Waals surface area contributed by atoms with Crippen molar-refractivity contribution >= 4 is 21.7 Å². The Morgan fingerprint density at radius 2 is 2.10 bits per heavy atom. The molecular weight excluding hydrogens is 286 g/mol. The van der Waals surface area contributed by atoms with Gasteiger partial charge in [-0.25, -0.2) is 13.2 Å². The van der Waals surface area contributed by atoms with Gasteiger partial charge in [0.25, 0.3) is 10.0 Å². The van der Waals surface area contributed by atoms with Crippen LogP contribution in [0.5, 0.6) is 5.75 Å². The number of sulfonamides is 1. The van der Waals surface area contributed by atoms with E-state index in [1.807, 2.05) is 0 Å². The number of hydrogen-bond acceptors (Lipinski definition) is 5. The molecular formula is C11H11N3O5S. The van der Waals surface area contributed by atoms with Crippen LogP contribution in [0.1, 0.15) is 10.4 Å². The number of nitrogens with zero attached hydrogens (tertiary/aromatic N) is 2. The van der Waals surface area contributed by atoms with Crippen LogP contribution in [0.2, 0.25) is 0 Å². The molecule has 0 radical (unpaired) electrons. The van der Waals surface area contributed by atoms with E-state index in [9.17, 15) is 18.3 Å². The normalized spacial score (nSPS) is 11.2. The predicted molar refractivity (Wildman–Crippen MR) is 69.1 cm³/mol. The molecule has 0 aliphatic rings. The molecule has 9 heteroatoms. The lowest BCUT2D eigenvalue weighted by Gasteiger charge is -2.08. The number of hydrogen-bond donors (Lipinski definition) is 3. The molecule has 106 valence electrons. The molecule has 0 aliphatic carbocycles. The average Bonchev–Trinajstić information content (AvgIpc) is 2.79. The zero-order valence-corrected chi connectivity index (χ0v) is 11.1. The minimum atomic E-state index is -3.94. The highest BCUT2D eigenvalue weighted by atomic mass is 32.2. The monoisotopic (exact) mass is 297 g/mol. The van der Waals surface area contributed by atoms with E-state index in [-0.39, 0.29) is 21.9 Å². The highest BCUT2D eigenvalue weighted by Gasteiger charge is 2.18. The van der Waals surface area contributed by atoms with Crippen LogP contribution < -0.4 is 4.72 Å². The van der Waals surface area contributed by atoms with Gasteiger partial charge in [0, 0.05) is 13.2 Å². The summed E-state index contributed by atoms with van der Waals surface area (Å²) in [6.45, 7) is 0. The molecule has 20 heavy (non-hydrogen) atoms. The molecule has 0 saturated carbocycles. The number of benzene rings is 1. The second-order valence-corrected chi connectivity index (χ2v) is 5.67. The summed E-state index contributed by atoms with van der Waals surface area (Å²) < 4.78 is 27.5. The lowest BCUT2D eigenvalue weighted by molar-refractivity contribution is 0.0697. The van der Waals surface area contributed by atoms with E-state index in [4.69, 9.17) is 5.11 Å². The topological polar surface area (TPSA) is 122 Å². The Labute approximate surface area is 114 Å². The highest BCUT2D eigenvalue weighted by molar-refractivity contribution is 7.92. The molecule has 0 amide bonds. The number of carbonyl (C=O) groups is 1. The van der Waals surface area contributed by atoms with Gasteiger partial charge in [-0.15, -0.1) is 0 Å². The summed E-state index contributed by atoms with van der Waals surface area (Å²) in [7, 11) is -2.39. The van der Waals surface area contributed by atoms with Gasteiger partial charge in [0.1, 0.15) is 10.6 Å². The van der Waals surface area contributed by atoms with Crippen molar-refractivity contribution in [3.05, 3.63) is 36.2 Å². The zero-order valence-electron chi connectivity index (χ0n) is 10.3. The molecule has 2 aromatic rings. The van der Waals surface area contributed by atoms with Crippen LogP contribution in [-0.4, -0.2) is 34.4 Å². The molecule has 0 atom stereocenters. The number of rotatable bonds is 4. The molecule has 0 fully saturated rings. The molecule has 0 unspecified atom stereocenters. The largest absolute Gasteiger partial charge is 0.506 e. The van der Waals surface area contributed by atoms with E-state index in [1.165, 1.54) is 16.9 Å². The fraction of sp³-hybridized carbons (Fsp3) is 0.0909. The first-order chi connectivity index (χ1) is 9.29. The van der Waals surface area contributed by atoms with Crippen molar-refractivity contribution in [1.29, 1.82) is 0 Å². The second kappa shape index (κ2) is 4.85. The first-order valence-corrected chi connectivity index (χ1v) is 6.86. The molecule has 2 rings (SSSR count). The van der Waals surface area contributed by atoms with Gasteiger partial charge in [-0.3, -0.25) is 9.40 Å². The maximum absolute atomic E-state index is 12.0. The lowest BCUT2D eigenvalue weighted by atomic mass is 10.2. The van der Waals surface area contributed by atoms with Gasteiger partial charge in [-0.2, -0.15) is 5.10 Å². The van der Waals surface area contributed by atoms with E-state index >= 15 is 0 Å². The maximum Gasteiger partial charge on any atom is 0.335 e. The van der Waals surface area contributed by atoms with Crippen molar-refractivity contribution in [2.75, 3.05) is 4.72 Å². The quantitative estimate of drug-likeness (QED) is 0.711. The third-order valence-electron chi connectivity index (χ3n) is 2.48. The number of anilines is 1. The van der Waals surface area contributed by atoms with Crippen molar-refractivity contribution in [1.82, 2.24) is 9.78 Å². The summed E-state index contributed by atoms with van der Waals surface area (Å²) >= 11 is 0. The number of carboxylic acids is 1. The fourth-order valence-electron chi connectivity index (χ4n) is 1.49. The van der Waals surface area contributed by atoms with Crippen molar-refractivity contribution in [3.8, 4) is 5.75 Å². The van der Waals surface area contributed by atoms with E-state index in [0.29, 0.717) is 0 Å². The molecule has 0 bridgehead atoms. The standard InChI is InChI=1S/C11H11N3O5S/c1-14-6-8(5-12-14)20(18,19)13-9-4-7(11(16)17)2-3-10(9)15/h2-6,13,15H,1H3,(H,16,17). The number of aryl methyl sites for hydroxylation is 1. The number of aromatic carboxylic acids is 1.